The van der Waals surface area contributed by atoms with E-state index in [0.29, 0.717) is 0 Å². The zero-order valence-corrected chi connectivity index (χ0v) is 12.7. The zero-order chi connectivity index (χ0) is 15.5. The van der Waals surface area contributed by atoms with Crippen molar-refractivity contribution in [2.75, 3.05) is 6.61 Å². The molecule has 6 nitrogen and oxygen atoms in total. The van der Waals surface area contributed by atoms with Crippen molar-refractivity contribution >= 4 is 11.8 Å². The van der Waals surface area contributed by atoms with E-state index in [-0.39, 0.29) is 30.7 Å². The van der Waals surface area contributed by atoms with Gasteiger partial charge in [0.25, 0.3) is 0 Å². The molecule has 20 heavy (non-hydrogen) atoms. The van der Waals surface area contributed by atoms with E-state index in [0.717, 1.165) is 0 Å². The van der Waals surface area contributed by atoms with Crippen molar-refractivity contribution < 1.29 is 14.3 Å². The Bertz CT molecular complexity index is 552. The smallest absolute Gasteiger partial charge is 0.328 e. The zero-order valence-electron chi connectivity index (χ0n) is 12.7. The van der Waals surface area contributed by atoms with Crippen LogP contribution in [-0.4, -0.2) is 27.5 Å². The Labute approximate surface area is 118 Å². The first-order valence-electron chi connectivity index (χ1n) is 6.69. The number of esters is 1. The lowest BCUT2D eigenvalue weighted by Crippen LogP contribution is -2.39. The minimum absolute atomic E-state index is 0.0249. The Balaban J connectivity index is 2.91. The van der Waals surface area contributed by atoms with Gasteiger partial charge in [-0.05, 0) is 34.6 Å². The van der Waals surface area contributed by atoms with Crippen LogP contribution in [0.3, 0.4) is 0 Å². The Morgan fingerprint density at radius 2 is 1.90 bits per heavy atom. The average Bonchev–Trinajstić information content (AvgIpc) is 2.71. The molecule has 0 unspecified atom stereocenters. The quantitative estimate of drug-likeness (QED) is 0.584. The van der Waals surface area contributed by atoms with E-state index >= 15 is 0 Å². The fourth-order valence-corrected chi connectivity index (χ4v) is 1.72. The average molecular weight is 282 g/mol. The van der Waals surface area contributed by atoms with Gasteiger partial charge < -0.3 is 4.74 Å². The number of hydrogen-bond donors (Lipinski definition) is 0. The molecule has 0 N–H and O–H groups in total. The summed E-state index contributed by atoms with van der Waals surface area (Å²) >= 11 is 0. The van der Waals surface area contributed by atoms with Crippen molar-refractivity contribution in [2.45, 2.75) is 47.2 Å². The van der Waals surface area contributed by atoms with Crippen LogP contribution in [0.25, 0.3) is 0 Å². The van der Waals surface area contributed by atoms with Gasteiger partial charge in [-0.2, -0.15) is 0 Å². The van der Waals surface area contributed by atoms with E-state index in [1.165, 1.54) is 23.0 Å². The van der Waals surface area contributed by atoms with Crippen molar-refractivity contribution in [3.8, 4) is 0 Å². The predicted molar refractivity (Wildman–Crippen MR) is 74.5 cm³/mol. The molecule has 1 rings (SSSR count). The number of hydrogen-bond acceptors (Lipinski definition) is 4. The van der Waals surface area contributed by atoms with Gasteiger partial charge in [0, 0.05) is 18.4 Å². The number of carbonyl (C=O) groups excluding carboxylic acids is 2. The Morgan fingerprint density at radius 1 is 1.30 bits per heavy atom. The first-order chi connectivity index (χ1) is 9.21. The Hall–Kier alpha value is -1.85. The van der Waals surface area contributed by atoms with Crippen molar-refractivity contribution in [2.24, 2.45) is 5.41 Å². The summed E-state index contributed by atoms with van der Waals surface area (Å²) < 4.78 is 7.73. The number of imidazole rings is 1. The van der Waals surface area contributed by atoms with Crippen molar-refractivity contribution in [1.82, 2.24) is 9.13 Å². The molecule has 0 radical (unpaired) electrons. The van der Waals surface area contributed by atoms with Gasteiger partial charge in [0.15, 0.2) is 5.78 Å². The van der Waals surface area contributed by atoms with E-state index in [2.05, 4.69) is 0 Å². The number of aromatic nitrogens is 2. The molecular formula is C14H22N2O4. The predicted octanol–water partition coefficient (Wildman–Crippen LogP) is 1.39. The lowest BCUT2D eigenvalue weighted by molar-refractivity contribution is -0.158. The molecule has 1 aromatic heterocycles. The molecule has 0 amide bonds. The van der Waals surface area contributed by atoms with Gasteiger partial charge in [0.2, 0.25) is 0 Å². The van der Waals surface area contributed by atoms with Crippen LogP contribution in [-0.2, 0) is 20.9 Å². The normalized spacial score (nSPS) is 11.7. The van der Waals surface area contributed by atoms with Crippen molar-refractivity contribution in [3.05, 3.63) is 22.9 Å². The number of Topliss-reactive ketones (excluding diaryl/α,β-unsaturated/α-hetero) is 1. The molecule has 1 aromatic rings. The summed E-state index contributed by atoms with van der Waals surface area (Å²) in [6.07, 6.45) is 3.19. The molecule has 6 heteroatoms. The summed E-state index contributed by atoms with van der Waals surface area (Å²) in [7, 11) is 0. The second-order valence-electron chi connectivity index (χ2n) is 5.48. The van der Waals surface area contributed by atoms with Gasteiger partial charge in [-0.1, -0.05) is 0 Å². The maximum Gasteiger partial charge on any atom is 0.328 e. The van der Waals surface area contributed by atoms with Gasteiger partial charge in [-0.3, -0.25) is 18.7 Å². The van der Waals surface area contributed by atoms with Crippen LogP contribution in [0.15, 0.2) is 17.2 Å². The van der Waals surface area contributed by atoms with Gasteiger partial charge in [0.1, 0.15) is 5.41 Å². The highest BCUT2D eigenvalue weighted by Crippen LogP contribution is 2.19. The van der Waals surface area contributed by atoms with Gasteiger partial charge in [-0.25, -0.2) is 4.79 Å². The maximum atomic E-state index is 12.2. The van der Waals surface area contributed by atoms with Crippen LogP contribution in [0.1, 0.15) is 40.7 Å². The molecule has 0 fully saturated rings. The number of rotatable bonds is 6. The second-order valence-corrected chi connectivity index (χ2v) is 5.48. The monoisotopic (exact) mass is 282 g/mol. The second kappa shape index (κ2) is 6.07. The van der Waals surface area contributed by atoms with Crippen LogP contribution in [0.5, 0.6) is 0 Å². The fraction of sp³-hybridized carbons (Fsp3) is 0.643. The number of nitrogens with zero attached hydrogens (tertiary/aromatic N) is 2. The van der Waals surface area contributed by atoms with Crippen LogP contribution in [0.4, 0.5) is 0 Å². The summed E-state index contributed by atoms with van der Waals surface area (Å²) in [6.45, 7) is 8.57. The van der Waals surface area contributed by atoms with Gasteiger partial charge in [0.05, 0.1) is 13.2 Å². The first-order valence-corrected chi connectivity index (χ1v) is 6.69. The molecule has 0 spiro atoms. The Morgan fingerprint density at radius 3 is 2.35 bits per heavy atom. The fourth-order valence-electron chi connectivity index (χ4n) is 1.72. The number of carbonyl (C=O) groups is 2. The molecule has 0 aliphatic rings. The van der Waals surface area contributed by atoms with Crippen LogP contribution in [0, 0.1) is 5.41 Å². The van der Waals surface area contributed by atoms with Crippen molar-refractivity contribution in [3.63, 3.8) is 0 Å². The standard InChI is InChI=1S/C14H22N2O4/c1-6-20-12(18)14(4,5)11(17)9-15-7-8-16(10(2)3)13(15)19/h7-8,10H,6,9H2,1-5H3. The first kappa shape index (κ1) is 16.2. The minimum atomic E-state index is -1.25. The third kappa shape index (κ3) is 3.18. The summed E-state index contributed by atoms with van der Waals surface area (Å²) in [4.78, 5) is 36.0. The van der Waals surface area contributed by atoms with Crippen LogP contribution >= 0.6 is 0 Å². The topological polar surface area (TPSA) is 70.3 Å². The summed E-state index contributed by atoms with van der Waals surface area (Å²) in [6, 6.07) is 0.0249. The molecule has 1 heterocycles. The summed E-state index contributed by atoms with van der Waals surface area (Å²) in [5.74, 6) is -0.916. The summed E-state index contributed by atoms with van der Waals surface area (Å²) in [5.41, 5.74) is -1.51. The highest BCUT2D eigenvalue weighted by molar-refractivity contribution is 6.02. The lowest BCUT2D eigenvalue weighted by Gasteiger charge is -2.20. The van der Waals surface area contributed by atoms with Crippen LogP contribution < -0.4 is 5.69 Å². The molecule has 0 aliphatic heterocycles. The molecule has 112 valence electrons. The molecule has 0 saturated heterocycles. The van der Waals surface area contributed by atoms with E-state index < -0.39 is 11.4 Å². The molecule has 0 aromatic carbocycles. The van der Waals surface area contributed by atoms with E-state index in [9.17, 15) is 14.4 Å². The van der Waals surface area contributed by atoms with Gasteiger partial charge in [-0.15, -0.1) is 0 Å². The third-order valence-electron chi connectivity index (χ3n) is 3.23. The summed E-state index contributed by atoms with van der Waals surface area (Å²) in [5, 5.41) is 0. The molecule has 0 saturated carbocycles. The lowest BCUT2D eigenvalue weighted by atomic mass is 9.88. The highest BCUT2D eigenvalue weighted by Gasteiger charge is 2.37. The molecule has 0 bridgehead atoms. The van der Waals surface area contributed by atoms with E-state index in [1.807, 2.05) is 13.8 Å². The minimum Gasteiger partial charge on any atom is -0.465 e. The number of ether oxygens (including phenoxy) is 1. The molecule has 0 aliphatic carbocycles. The SMILES string of the molecule is CCOC(=O)C(C)(C)C(=O)Cn1ccn(C(C)C)c1=O. The Kier molecular flexibility index (Phi) is 4.92. The van der Waals surface area contributed by atoms with E-state index in [4.69, 9.17) is 4.74 Å². The largest absolute Gasteiger partial charge is 0.465 e. The molecular weight excluding hydrogens is 260 g/mol. The van der Waals surface area contributed by atoms with Crippen LogP contribution in [0.2, 0.25) is 0 Å². The highest BCUT2D eigenvalue weighted by atomic mass is 16.5. The van der Waals surface area contributed by atoms with Crippen molar-refractivity contribution in [1.29, 1.82) is 0 Å². The third-order valence-corrected chi connectivity index (χ3v) is 3.23. The number of ketones is 1. The maximum absolute atomic E-state index is 12.2. The van der Waals surface area contributed by atoms with E-state index in [1.54, 1.807) is 19.3 Å². The van der Waals surface area contributed by atoms with Gasteiger partial charge >= 0.3 is 11.7 Å². The molecule has 0 atom stereocenters.